The van der Waals surface area contributed by atoms with E-state index in [1.54, 1.807) is 0 Å². The summed E-state index contributed by atoms with van der Waals surface area (Å²) in [5.41, 5.74) is -0.760. The molecule has 0 aliphatic carbocycles. The molecule has 3 heterocycles. The van der Waals surface area contributed by atoms with Gasteiger partial charge in [0.15, 0.2) is 18.9 Å². The molecule has 3 fully saturated rings. The van der Waals surface area contributed by atoms with Gasteiger partial charge in [-0.1, -0.05) is 13.8 Å². The van der Waals surface area contributed by atoms with Crippen LogP contribution in [-0.2, 0) is 85.6 Å². The van der Waals surface area contributed by atoms with Gasteiger partial charge in [0, 0.05) is 84.2 Å². The maximum atomic E-state index is 13.4. The van der Waals surface area contributed by atoms with Crippen molar-refractivity contribution in [3.05, 3.63) is 0 Å². The molecule has 0 aromatic rings. The highest BCUT2D eigenvalue weighted by atomic mass is 16.7. The van der Waals surface area contributed by atoms with Crippen LogP contribution in [0.25, 0.3) is 0 Å². The van der Waals surface area contributed by atoms with Crippen molar-refractivity contribution in [2.24, 2.45) is 0 Å². The molecule has 0 aromatic carbocycles. The number of hydrogen-bond donors (Lipinski definition) is 14. The Morgan fingerprint density at radius 1 is 0.416 bits per heavy atom. The molecule has 89 heavy (non-hydrogen) atoms. The lowest BCUT2D eigenvalue weighted by atomic mass is 9.81. The number of amides is 4. The third-order valence-electron chi connectivity index (χ3n) is 14.6. The van der Waals surface area contributed by atoms with Crippen LogP contribution in [0, 0.1) is 0 Å². The SMILES string of the molecule is CC(=O)NC1C(OCCOCCOCCCC(=O)CCC(CCC(=O)CCCOCCOCCOC2OC(CO)C(O)C(O)C2NC(C)=O)(CCC(=O)NCCOCCOCCOC2OC(CO)C(O)C(O)C2NC(C)=O)NC(C)C)OC(CO)C(O)C1O. The highest BCUT2D eigenvalue weighted by molar-refractivity contribution is 5.79. The van der Waals surface area contributed by atoms with Gasteiger partial charge < -0.3 is 129 Å². The molecule has 0 spiro atoms. The van der Waals surface area contributed by atoms with Crippen LogP contribution in [0.4, 0.5) is 0 Å². The first-order valence-corrected chi connectivity index (χ1v) is 30.6. The summed E-state index contributed by atoms with van der Waals surface area (Å²) in [5, 5.41) is 104. The molecular weight excluding hydrogens is 1190 g/mol. The third-order valence-corrected chi connectivity index (χ3v) is 14.6. The van der Waals surface area contributed by atoms with Gasteiger partial charge in [-0.3, -0.25) is 28.8 Å². The number of ether oxygens (including phenoxy) is 12. The zero-order chi connectivity index (χ0) is 65.7. The number of hydrogen-bond acceptors (Lipinski definition) is 28. The molecular formula is C57H103N5O27. The summed E-state index contributed by atoms with van der Waals surface area (Å²) < 4.78 is 67.2. The summed E-state index contributed by atoms with van der Waals surface area (Å²) in [6.07, 6.45) is -12.6. The molecule has 32 heteroatoms. The fourth-order valence-electron chi connectivity index (χ4n) is 10.1. The molecule has 15 atom stereocenters. The molecule has 4 amide bonds. The predicted molar refractivity (Wildman–Crippen MR) is 309 cm³/mol. The average molecular weight is 1290 g/mol. The minimum Gasteiger partial charge on any atom is -0.394 e. The summed E-state index contributed by atoms with van der Waals surface area (Å²) in [5.74, 6) is -1.72. The lowest BCUT2D eigenvalue weighted by Crippen LogP contribution is -2.64. The Morgan fingerprint density at radius 3 is 1.03 bits per heavy atom. The van der Waals surface area contributed by atoms with E-state index in [4.69, 9.17) is 56.8 Å². The minimum atomic E-state index is -1.44. The molecule has 0 aromatic heterocycles. The van der Waals surface area contributed by atoms with Gasteiger partial charge in [-0.05, 0) is 32.1 Å². The van der Waals surface area contributed by atoms with Gasteiger partial charge in [0.1, 0.15) is 84.6 Å². The van der Waals surface area contributed by atoms with Crippen molar-refractivity contribution in [1.82, 2.24) is 26.6 Å². The Hall–Kier alpha value is -3.66. The summed E-state index contributed by atoms with van der Waals surface area (Å²) >= 11 is 0. The number of aliphatic hydroxyl groups excluding tert-OH is 9. The maximum absolute atomic E-state index is 13.4. The smallest absolute Gasteiger partial charge is 0.220 e. The maximum Gasteiger partial charge on any atom is 0.220 e. The van der Waals surface area contributed by atoms with Crippen molar-refractivity contribution in [3.63, 3.8) is 0 Å². The standard InChI is InChI=1S/C57H103N5O27/c1-35(2)62-57(13-10-39(69)8-6-17-78-20-23-81-26-29-84-54-45(59-36(3)66)51(75)48(72)41(32-63)87-54,14-11-40(70)9-7-18-79-21-24-82-27-30-85-55-46(60-37(4)67)52(76)49(73)42(33-64)88-55)15-12-44(71)58-16-19-80-22-25-83-28-31-86-56-47(61-38(5)68)53(77)50(74)43(34-65)89-56/h35,41-43,45-56,62-65,72-77H,6-34H2,1-5H3,(H,58,71)(H,59,66)(H,60,67)(H,61,68). The zero-order valence-corrected chi connectivity index (χ0v) is 52.1. The number of aliphatic hydroxyl groups is 9. The second-order valence-corrected chi connectivity index (χ2v) is 22.3. The Bertz CT molecular complexity index is 1800. The first-order chi connectivity index (χ1) is 42.6. The molecule has 518 valence electrons. The highest BCUT2D eigenvalue weighted by Crippen LogP contribution is 2.29. The lowest BCUT2D eigenvalue weighted by molar-refractivity contribution is -0.272. The zero-order valence-electron chi connectivity index (χ0n) is 52.1. The summed E-state index contributed by atoms with van der Waals surface area (Å²) in [7, 11) is 0. The molecule has 0 radical (unpaired) electrons. The largest absolute Gasteiger partial charge is 0.394 e. The van der Waals surface area contributed by atoms with Crippen molar-refractivity contribution < 1.29 is 132 Å². The highest BCUT2D eigenvalue weighted by Gasteiger charge is 2.48. The molecule has 3 rings (SSSR count). The van der Waals surface area contributed by atoms with Crippen LogP contribution in [0.2, 0.25) is 0 Å². The lowest BCUT2D eigenvalue weighted by Gasteiger charge is -2.42. The van der Waals surface area contributed by atoms with Crippen LogP contribution in [0.15, 0.2) is 0 Å². The summed E-state index contributed by atoms with van der Waals surface area (Å²) in [6.45, 7) is 8.30. The number of ketones is 2. The number of rotatable bonds is 49. The van der Waals surface area contributed by atoms with Crippen LogP contribution in [0.1, 0.15) is 98.8 Å². The van der Waals surface area contributed by atoms with Crippen LogP contribution in [0.3, 0.4) is 0 Å². The Labute approximate surface area is 519 Å². The van der Waals surface area contributed by atoms with Gasteiger partial charge in [-0.15, -0.1) is 0 Å². The predicted octanol–water partition coefficient (Wildman–Crippen LogP) is -5.14. The molecule has 14 N–H and O–H groups in total. The van der Waals surface area contributed by atoms with E-state index in [0.29, 0.717) is 32.1 Å². The summed E-state index contributed by atoms with van der Waals surface area (Å²) in [4.78, 5) is 75.0. The van der Waals surface area contributed by atoms with Crippen LogP contribution in [0.5, 0.6) is 0 Å². The average Bonchev–Trinajstić information content (AvgIpc) is 3.35. The van der Waals surface area contributed by atoms with E-state index in [-0.39, 0.29) is 161 Å². The Morgan fingerprint density at radius 2 is 0.719 bits per heavy atom. The van der Waals surface area contributed by atoms with Crippen molar-refractivity contribution in [3.8, 4) is 0 Å². The van der Waals surface area contributed by atoms with E-state index in [2.05, 4.69) is 26.6 Å². The van der Waals surface area contributed by atoms with Gasteiger partial charge in [0.05, 0.1) is 106 Å². The van der Waals surface area contributed by atoms with E-state index in [9.17, 15) is 74.7 Å². The van der Waals surface area contributed by atoms with Gasteiger partial charge in [-0.2, -0.15) is 0 Å². The Kier molecular flexibility index (Phi) is 40.1. The fraction of sp³-hybridized carbons (Fsp3) is 0.895. The normalized spacial score (nSPS) is 27.8. The number of carbonyl (C=O) groups is 6. The molecule has 32 nitrogen and oxygen atoms in total. The van der Waals surface area contributed by atoms with Crippen molar-refractivity contribution in [2.45, 2.75) is 202 Å². The molecule has 3 aliphatic rings. The van der Waals surface area contributed by atoms with Gasteiger partial charge in [0.25, 0.3) is 0 Å². The van der Waals surface area contributed by atoms with E-state index in [1.807, 2.05) is 13.8 Å². The number of nitrogens with one attached hydrogen (secondary N) is 5. The molecule has 0 saturated carbocycles. The minimum absolute atomic E-state index is 0.00113. The van der Waals surface area contributed by atoms with Crippen molar-refractivity contribution >= 4 is 35.2 Å². The second kappa shape index (κ2) is 44.8. The summed E-state index contributed by atoms with van der Waals surface area (Å²) in [6, 6.07) is -3.30. The second-order valence-electron chi connectivity index (χ2n) is 22.3. The van der Waals surface area contributed by atoms with Gasteiger partial charge in [0.2, 0.25) is 23.6 Å². The molecule has 3 saturated heterocycles. The van der Waals surface area contributed by atoms with Crippen molar-refractivity contribution in [1.29, 1.82) is 0 Å². The first-order valence-electron chi connectivity index (χ1n) is 30.6. The molecule has 0 bridgehead atoms. The van der Waals surface area contributed by atoms with Crippen LogP contribution >= 0.6 is 0 Å². The van der Waals surface area contributed by atoms with Crippen LogP contribution < -0.4 is 26.6 Å². The number of carbonyl (C=O) groups excluding carboxylic acids is 6. The van der Waals surface area contributed by atoms with E-state index < -0.39 is 135 Å². The van der Waals surface area contributed by atoms with Crippen molar-refractivity contribution in [2.75, 3.05) is 125 Å². The quantitative estimate of drug-likeness (QED) is 0.0253. The van der Waals surface area contributed by atoms with E-state index in [0.717, 1.165) is 0 Å². The van der Waals surface area contributed by atoms with E-state index >= 15 is 0 Å². The van der Waals surface area contributed by atoms with Gasteiger partial charge in [-0.25, -0.2) is 0 Å². The first kappa shape index (κ1) is 79.6. The van der Waals surface area contributed by atoms with Crippen LogP contribution in [-0.4, -0.2) is 310 Å². The fourth-order valence-corrected chi connectivity index (χ4v) is 10.1. The van der Waals surface area contributed by atoms with E-state index in [1.165, 1.54) is 20.8 Å². The number of Topliss-reactive ketones (excluding diaryl/α,β-unsaturated/α-hetero) is 2. The molecule has 15 unspecified atom stereocenters. The topological polar surface area (TPSA) is 455 Å². The molecule has 3 aliphatic heterocycles. The Balaban J connectivity index is 1.43. The third kappa shape index (κ3) is 30.8. The monoisotopic (exact) mass is 1290 g/mol. The van der Waals surface area contributed by atoms with Gasteiger partial charge >= 0.3 is 0 Å².